The van der Waals surface area contributed by atoms with E-state index in [2.05, 4.69) is 87.6 Å². The van der Waals surface area contributed by atoms with Crippen molar-refractivity contribution in [3.05, 3.63) is 72.4 Å². The van der Waals surface area contributed by atoms with Gasteiger partial charge in [-0.15, -0.1) is 0 Å². The fraction of sp³-hybridized carbons (Fsp3) is 0.696. The lowest BCUT2D eigenvalue weighted by Gasteiger charge is -2.40. The number of nitrogens with two attached hydrogens (primary N) is 1. The first-order chi connectivity index (χ1) is 27.2. The van der Waals surface area contributed by atoms with Crippen LogP contribution in [0.25, 0.3) is 0 Å². The molecule has 56 heavy (non-hydrogen) atoms. The number of carbonyl (C=O) groups is 2. The molecule has 0 amide bonds. The maximum atomic E-state index is 12.8. The summed E-state index contributed by atoms with van der Waals surface area (Å²) in [6.45, 7) is 5.88. The van der Waals surface area contributed by atoms with Crippen LogP contribution in [0.5, 0.6) is 0 Å². The Bertz CT molecular complexity index is 1180. The molecular formula is C46H77NO9. The predicted molar refractivity (Wildman–Crippen MR) is 226 cm³/mol. The summed E-state index contributed by atoms with van der Waals surface area (Å²) in [4.78, 5) is 25.3. The molecule has 0 bridgehead atoms. The maximum Gasteiger partial charge on any atom is 0.306 e. The molecule has 0 radical (unpaired) electrons. The molecule has 0 aromatic heterocycles. The predicted octanol–water partition coefficient (Wildman–Crippen LogP) is 8.79. The lowest BCUT2D eigenvalue weighted by Crippen LogP contribution is -2.60. The van der Waals surface area contributed by atoms with Gasteiger partial charge in [0.15, 0.2) is 12.4 Å². The molecule has 0 spiro atoms. The van der Waals surface area contributed by atoms with E-state index in [9.17, 15) is 24.9 Å². The minimum absolute atomic E-state index is 0.0985. The second kappa shape index (κ2) is 35.3. The quantitative estimate of drug-likeness (QED) is 0.0288. The van der Waals surface area contributed by atoms with Crippen LogP contribution in [0.3, 0.4) is 0 Å². The molecule has 0 saturated carbocycles. The highest BCUT2D eigenvalue weighted by atomic mass is 16.7. The molecule has 1 rings (SSSR count). The topological polar surface area (TPSA) is 158 Å². The molecule has 6 atom stereocenters. The zero-order chi connectivity index (χ0) is 41.1. The van der Waals surface area contributed by atoms with Crippen molar-refractivity contribution in [2.45, 2.75) is 186 Å². The summed E-state index contributed by atoms with van der Waals surface area (Å²) in [5.74, 6) is -0.818. The van der Waals surface area contributed by atoms with E-state index in [0.29, 0.717) is 12.8 Å². The molecule has 1 aliphatic rings. The lowest BCUT2D eigenvalue weighted by atomic mass is 9.99. The van der Waals surface area contributed by atoms with Gasteiger partial charge in [0.05, 0.1) is 6.61 Å². The maximum absolute atomic E-state index is 12.8. The first-order valence-corrected chi connectivity index (χ1v) is 21.5. The van der Waals surface area contributed by atoms with Gasteiger partial charge in [0.25, 0.3) is 0 Å². The summed E-state index contributed by atoms with van der Waals surface area (Å²) < 4.78 is 22.3. The number of esters is 2. The minimum atomic E-state index is -1.54. The molecular weight excluding hydrogens is 711 g/mol. The fourth-order valence-corrected chi connectivity index (χ4v) is 6.02. The van der Waals surface area contributed by atoms with Crippen molar-refractivity contribution in [3.63, 3.8) is 0 Å². The van der Waals surface area contributed by atoms with Crippen LogP contribution in [0, 0.1) is 0 Å². The molecule has 10 nitrogen and oxygen atoms in total. The van der Waals surface area contributed by atoms with Crippen molar-refractivity contribution in [2.75, 3.05) is 19.8 Å². The zero-order valence-electron chi connectivity index (χ0n) is 34.9. The van der Waals surface area contributed by atoms with Crippen LogP contribution in [0.15, 0.2) is 72.4 Å². The van der Waals surface area contributed by atoms with Crippen molar-refractivity contribution in [1.29, 1.82) is 0 Å². The number of unbranched alkanes of at least 4 members (excludes halogenated alkanes) is 10. The van der Waals surface area contributed by atoms with Gasteiger partial charge in [-0.05, 0) is 84.0 Å². The Hall–Kier alpha value is -2.86. The summed E-state index contributed by atoms with van der Waals surface area (Å²) in [7, 11) is 0. The van der Waals surface area contributed by atoms with Crippen molar-refractivity contribution in [1.82, 2.24) is 0 Å². The van der Waals surface area contributed by atoms with Gasteiger partial charge < -0.3 is 40.0 Å². The first-order valence-electron chi connectivity index (χ1n) is 21.5. The molecule has 10 heteroatoms. The smallest absolute Gasteiger partial charge is 0.306 e. The van der Waals surface area contributed by atoms with Crippen LogP contribution in [-0.4, -0.2) is 83.8 Å². The van der Waals surface area contributed by atoms with E-state index in [4.69, 9.17) is 24.7 Å². The molecule has 1 saturated heterocycles. The molecule has 5 N–H and O–H groups in total. The average molecular weight is 788 g/mol. The third-order valence-electron chi connectivity index (χ3n) is 9.47. The van der Waals surface area contributed by atoms with Gasteiger partial charge in [0.1, 0.15) is 31.0 Å². The van der Waals surface area contributed by atoms with Crippen LogP contribution in [-0.2, 0) is 28.5 Å². The normalized spacial score (nSPS) is 21.3. The third-order valence-corrected chi connectivity index (χ3v) is 9.47. The second-order valence-electron chi connectivity index (χ2n) is 14.6. The number of hydrogen-bond donors (Lipinski definition) is 4. The van der Waals surface area contributed by atoms with Crippen molar-refractivity contribution < 1.29 is 43.9 Å². The van der Waals surface area contributed by atoms with Gasteiger partial charge in [-0.3, -0.25) is 9.59 Å². The zero-order valence-corrected chi connectivity index (χ0v) is 34.9. The lowest BCUT2D eigenvalue weighted by molar-refractivity contribution is -0.299. The highest BCUT2D eigenvalue weighted by Gasteiger charge is 2.44. The van der Waals surface area contributed by atoms with Gasteiger partial charge in [-0.2, -0.15) is 0 Å². The fourth-order valence-electron chi connectivity index (χ4n) is 6.02. The summed E-state index contributed by atoms with van der Waals surface area (Å²) in [6, 6.07) is 0. The minimum Gasteiger partial charge on any atom is -0.462 e. The number of rotatable bonds is 33. The molecule has 320 valence electrons. The average Bonchev–Trinajstić information content (AvgIpc) is 3.19. The van der Waals surface area contributed by atoms with Crippen molar-refractivity contribution in [2.24, 2.45) is 5.73 Å². The monoisotopic (exact) mass is 788 g/mol. The SMILES string of the molecule is CC/C=C\C/C=C\C/C=C\CCCCCCCC(=O)OC[C@@H](CO[C@H]1O[C@H](CN)[C@@H](O)[C@H](O)[C@H]1O)OC(=O)CCCCCCC/C=C\C/C(C)=C\C/C=C\CC. The van der Waals surface area contributed by atoms with Gasteiger partial charge in [-0.1, -0.05) is 125 Å². The Morgan fingerprint density at radius 2 is 1.18 bits per heavy atom. The highest BCUT2D eigenvalue weighted by molar-refractivity contribution is 5.70. The van der Waals surface area contributed by atoms with Gasteiger partial charge in [-0.25, -0.2) is 0 Å². The molecule has 1 fully saturated rings. The van der Waals surface area contributed by atoms with Crippen LogP contribution in [0.1, 0.15) is 149 Å². The Balaban J connectivity index is 2.41. The van der Waals surface area contributed by atoms with Crippen LogP contribution < -0.4 is 5.73 Å². The van der Waals surface area contributed by atoms with Gasteiger partial charge in [0, 0.05) is 19.4 Å². The standard InChI is InChI=1S/C46H77NO9/c1-4-6-8-10-11-12-13-14-15-16-17-18-22-25-29-33-41(48)53-36-39(37-54-46-45(52)44(51)43(50)40(35-47)56-46)55-42(49)34-30-26-23-20-19-21-24-28-32-38(3)31-27-9-7-5-2/h6-9,11-12,14-15,24,28,31,39-40,43-46,50-52H,4-5,10,13,16-23,25-27,29-30,32-37,47H2,1-3H3/b8-6-,9-7-,12-11-,15-14-,28-24-,38-31-/t39-,40+,43+,44-,45+,46-/m0/s1. The third kappa shape index (κ3) is 26.9. The van der Waals surface area contributed by atoms with Gasteiger partial charge in [0.2, 0.25) is 0 Å². The van der Waals surface area contributed by atoms with E-state index in [1.807, 2.05) is 0 Å². The Morgan fingerprint density at radius 1 is 0.643 bits per heavy atom. The van der Waals surface area contributed by atoms with Crippen LogP contribution >= 0.6 is 0 Å². The first kappa shape index (κ1) is 51.2. The number of ether oxygens (including phenoxy) is 4. The van der Waals surface area contributed by atoms with Gasteiger partial charge >= 0.3 is 11.9 Å². The number of hydrogen-bond acceptors (Lipinski definition) is 10. The summed E-state index contributed by atoms with van der Waals surface area (Å²) in [6.07, 6.45) is 35.0. The molecule has 0 aromatic rings. The largest absolute Gasteiger partial charge is 0.462 e. The molecule has 1 heterocycles. The number of allylic oxidation sites excluding steroid dienone is 12. The van der Waals surface area contributed by atoms with E-state index >= 15 is 0 Å². The molecule has 0 aliphatic carbocycles. The van der Waals surface area contributed by atoms with E-state index in [1.165, 1.54) is 5.57 Å². The Labute approximate surface area is 339 Å². The van der Waals surface area contributed by atoms with Crippen molar-refractivity contribution in [3.8, 4) is 0 Å². The number of aliphatic hydroxyl groups is 3. The Kier molecular flexibility index (Phi) is 32.3. The highest BCUT2D eigenvalue weighted by Crippen LogP contribution is 2.22. The van der Waals surface area contributed by atoms with E-state index in [1.54, 1.807) is 0 Å². The Morgan fingerprint density at radius 3 is 1.80 bits per heavy atom. The number of aliphatic hydroxyl groups excluding tert-OH is 3. The van der Waals surface area contributed by atoms with Crippen molar-refractivity contribution >= 4 is 11.9 Å². The van der Waals surface area contributed by atoms with E-state index < -0.39 is 42.8 Å². The molecule has 1 aliphatic heterocycles. The molecule has 0 aromatic carbocycles. The second-order valence-corrected chi connectivity index (χ2v) is 14.6. The van der Waals surface area contributed by atoms with E-state index in [-0.39, 0.29) is 38.6 Å². The molecule has 0 unspecified atom stereocenters. The summed E-state index contributed by atoms with van der Waals surface area (Å²) in [5.41, 5.74) is 7.02. The van der Waals surface area contributed by atoms with Crippen LogP contribution in [0.2, 0.25) is 0 Å². The number of carbonyl (C=O) groups excluding carboxylic acids is 2. The summed E-state index contributed by atoms with van der Waals surface area (Å²) in [5, 5.41) is 30.7. The summed E-state index contributed by atoms with van der Waals surface area (Å²) >= 11 is 0. The van der Waals surface area contributed by atoms with E-state index in [0.717, 1.165) is 103 Å². The van der Waals surface area contributed by atoms with Crippen LogP contribution in [0.4, 0.5) is 0 Å².